The van der Waals surface area contributed by atoms with Crippen LogP contribution in [0.5, 0.6) is 0 Å². The van der Waals surface area contributed by atoms with E-state index >= 15 is 0 Å². The first-order chi connectivity index (χ1) is 25.0. The maximum absolute atomic E-state index is 11.3. The number of hydrogen-bond donors (Lipinski definition) is 4. The number of aliphatic hydroxyl groups is 1. The van der Waals surface area contributed by atoms with Crippen molar-refractivity contribution in [3.8, 4) is 0 Å². The lowest BCUT2D eigenvalue weighted by molar-refractivity contribution is -0.263. The van der Waals surface area contributed by atoms with Crippen LogP contribution in [0.2, 0.25) is 0 Å². The molecule has 0 spiro atoms. The molecule has 10 unspecified atom stereocenters. The second-order valence-electron chi connectivity index (χ2n) is 13.0. The third-order valence-electron chi connectivity index (χ3n) is 9.21. The highest BCUT2D eigenvalue weighted by atomic mass is 35.6. The topological polar surface area (TPSA) is 148 Å². The second kappa shape index (κ2) is 23.9. The summed E-state index contributed by atoms with van der Waals surface area (Å²) < 4.78 is 27.1. The van der Waals surface area contributed by atoms with Gasteiger partial charge in [0.2, 0.25) is 24.0 Å². The number of rotatable bonds is 11. The number of aliphatic hydroxyl groups excluding tert-OH is 1. The Morgan fingerprint density at radius 1 is 0.736 bits per heavy atom. The highest BCUT2D eigenvalue weighted by Crippen LogP contribution is 2.36. The quantitative estimate of drug-likeness (QED) is 0.106. The third kappa shape index (κ3) is 16.4. The molecule has 2 heterocycles. The van der Waals surface area contributed by atoms with Crippen molar-refractivity contribution in [3.05, 3.63) is 71.8 Å². The van der Waals surface area contributed by atoms with Gasteiger partial charge in [-0.05, 0) is 34.8 Å². The molecule has 0 aliphatic carbocycles. The number of hydrogen-bond acceptors (Lipinski definition) is 9. The molecule has 0 aromatic heterocycles. The third-order valence-corrected chi connectivity index (χ3v) is 9.72. The summed E-state index contributed by atoms with van der Waals surface area (Å²) in [5, 5.41) is 23.8. The van der Waals surface area contributed by atoms with Gasteiger partial charge in [-0.15, -0.1) is 23.2 Å². The predicted octanol–water partition coefficient (Wildman–Crippen LogP) is 7.19. The van der Waals surface area contributed by atoms with Crippen molar-refractivity contribution in [1.29, 1.82) is 5.41 Å². The van der Waals surface area contributed by atoms with E-state index in [1.54, 1.807) is 0 Å². The highest BCUT2D eigenvalue weighted by molar-refractivity contribution is 6.76. The van der Waals surface area contributed by atoms with Gasteiger partial charge in [0.15, 0.2) is 6.29 Å². The monoisotopic (exact) mass is 841 g/mol. The molecule has 2 aromatic rings. The second-order valence-corrected chi connectivity index (χ2v) is 16.1. The minimum absolute atomic E-state index is 0.00407. The molecule has 2 amide bonds. The minimum Gasteiger partial charge on any atom is -0.445 e. The molecule has 4 rings (SSSR count). The van der Waals surface area contributed by atoms with E-state index < -0.39 is 28.4 Å². The fourth-order valence-electron chi connectivity index (χ4n) is 5.77. The van der Waals surface area contributed by atoms with Gasteiger partial charge >= 0.3 is 0 Å². The molecule has 53 heavy (non-hydrogen) atoms. The fraction of sp³-hybridized carbons (Fsp3) is 0.595. The van der Waals surface area contributed by atoms with Crippen molar-refractivity contribution < 1.29 is 38.4 Å². The van der Waals surface area contributed by atoms with Crippen LogP contribution < -0.4 is 10.6 Å². The lowest BCUT2D eigenvalue weighted by Gasteiger charge is -2.44. The van der Waals surface area contributed by atoms with E-state index in [0.717, 1.165) is 11.1 Å². The Hall–Kier alpha value is -1.90. The van der Waals surface area contributed by atoms with E-state index in [9.17, 15) is 14.7 Å². The van der Waals surface area contributed by atoms with E-state index in [-0.39, 0.29) is 59.1 Å². The van der Waals surface area contributed by atoms with Crippen molar-refractivity contribution in [3.63, 3.8) is 0 Å². The van der Waals surface area contributed by atoms with Crippen molar-refractivity contribution >= 4 is 75.7 Å². The maximum Gasteiger partial charge on any atom is 0.265 e. The molecule has 0 saturated carbocycles. The van der Waals surface area contributed by atoms with E-state index in [1.165, 1.54) is 13.8 Å². The van der Waals surface area contributed by atoms with Crippen molar-refractivity contribution in [2.45, 2.75) is 95.5 Å². The van der Waals surface area contributed by atoms with Crippen LogP contribution >= 0.6 is 58.0 Å². The standard InChI is InChI=1S/C19H25Cl3N2O4.C17H25NO4.CH2Cl2/c1-11-12(2)16(26-10-14-7-5-4-6-8-14)17(28-18(23)19(20,21)22)27-15(11)9-24-13(3)25;1-11-12(2)16(21-10-14-7-5-4-6-8-14)17(20)22-15(11)9-18-13(3)19;2-1-3/h4-8,11-12,15-17,23H,9-10H2,1-3H3,(H,24,25);4-8,11-12,15-17,20H,9-10H2,1-3H3,(H,18,19);1H2. The molecule has 2 aliphatic heterocycles. The summed E-state index contributed by atoms with van der Waals surface area (Å²) in [6.45, 7) is 12.6. The smallest absolute Gasteiger partial charge is 0.265 e. The molecule has 11 nitrogen and oxygen atoms in total. The average Bonchev–Trinajstić information content (AvgIpc) is 3.11. The van der Waals surface area contributed by atoms with E-state index in [0.29, 0.717) is 26.3 Å². The number of amides is 2. The van der Waals surface area contributed by atoms with Gasteiger partial charge in [-0.25, -0.2) is 0 Å². The molecule has 4 N–H and O–H groups in total. The number of carbonyl (C=O) groups is 2. The first kappa shape index (κ1) is 47.3. The van der Waals surface area contributed by atoms with Crippen LogP contribution in [-0.4, -0.2) is 82.0 Å². The van der Waals surface area contributed by atoms with Crippen LogP contribution in [0.4, 0.5) is 0 Å². The number of halogens is 5. The van der Waals surface area contributed by atoms with Gasteiger partial charge in [0.1, 0.15) is 12.2 Å². The van der Waals surface area contributed by atoms with Crippen LogP contribution in [0.15, 0.2) is 60.7 Å². The van der Waals surface area contributed by atoms with Crippen LogP contribution in [0.1, 0.15) is 52.7 Å². The normalized spacial score (nSPS) is 28.2. The molecule has 0 bridgehead atoms. The first-order valence-corrected chi connectivity index (χ1v) is 19.4. The Kier molecular flexibility index (Phi) is 21.3. The van der Waals surface area contributed by atoms with Crippen molar-refractivity contribution in [2.75, 3.05) is 18.4 Å². The van der Waals surface area contributed by atoms with Gasteiger partial charge in [-0.1, -0.05) is 123 Å². The van der Waals surface area contributed by atoms with Crippen molar-refractivity contribution in [1.82, 2.24) is 10.6 Å². The SMILES string of the molecule is CC(=O)NCC1OC(O)C(OCc2ccccc2)C(C)C1C.CC(=O)NCC1OC(OC(=N)C(Cl)(Cl)Cl)C(OCc2ccccc2)C(C)C1C.ClCCl. The summed E-state index contributed by atoms with van der Waals surface area (Å²) in [6, 6.07) is 19.6. The Morgan fingerprint density at radius 2 is 1.13 bits per heavy atom. The number of alkyl halides is 5. The van der Waals surface area contributed by atoms with E-state index in [4.69, 9.17) is 87.1 Å². The molecular weight excluding hydrogens is 792 g/mol. The molecular formula is C37H52Cl5N3O8. The van der Waals surface area contributed by atoms with Crippen LogP contribution in [0.3, 0.4) is 0 Å². The van der Waals surface area contributed by atoms with Crippen molar-refractivity contribution in [2.24, 2.45) is 23.7 Å². The van der Waals surface area contributed by atoms with Gasteiger partial charge in [-0.2, -0.15) is 0 Å². The molecule has 298 valence electrons. The lowest BCUT2D eigenvalue weighted by atomic mass is 9.83. The number of carbonyl (C=O) groups excluding carboxylic acids is 2. The van der Waals surface area contributed by atoms with Gasteiger partial charge in [0.05, 0.1) is 30.8 Å². The summed E-state index contributed by atoms with van der Waals surface area (Å²) in [5.41, 5.74) is 2.06. The Bertz CT molecular complexity index is 1380. The summed E-state index contributed by atoms with van der Waals surface area (Å²) in [4.78, 5) is 22.3. The molecule has 0 radical (unpaired) electrons. The van der Waals surface area contributed by atoms with Crippen LogP contribution in [0.25, 0.3) is 0 Å². The van der Waals surface area contributed by atoms with Gasteiger partial charge < -0.3 is 39.4 Å². The average molecular weight is 844 g/mol. The lowest BCUT2D eigenvalue weighted by Crippen LogP contribution is -2.55. The number of ether oxygens (including phenoxy) is 5. The fourth-order valence-corrected chi connectivity index (χ4v) is 5.90. The predicted molar refractivity (Wildman–Crippen MR) is 209 cm³/mol. The minimum atomic E-state index is -2.01. The highest BCUT2D eigenvalue weighted by Gasteiger charge is 2.46. The van der Waals surface area contributed by atoms with Crippen LogP contribution in [0, 0.1) is 29.1 Å². The Balaban J connectivity index is 0.000000350. The molecule has 16 heteroatoms. The molecule has 2 fully saturated rings. The molecule has 2 saturated heterocycles. The summed E-state index contributed by atoms with van der Waals surface area (Å²) in [7, 11) is 0. The Morgan fingerprint density at radius 3 is 1.55 bits per heavy atom. The largest absolute Gasteiger partial charge is 0.445 e. The van der Waals surface area contributed by atoms with Gasteiger partial charge in [0, 0.05) is 26.9 Å². The van der Waals surface area contributed by atoms with E-state index in [1.807, 2.05) is 81.4 Å². The molecule has 2 aromatic carbocycles. The zero-order chi connectivity index (χ0) is 39.7. The first-order valence-electron chi connectivity index (χ1n) is 17.2. The zero-order valence-corrected chi connectivity index (χ0v) is 34.6. The van der Waals surface area contributed by atoms with Gasteiger partial charge in [0.25, 0.3) is 3.79 Å². The van der Waals surface area contributed by atoms with Gasteiger partial charge in [-0.3, -0.25) is 15.0 Å². The summed E-state index contributed by atoms with van der Waals surface area (Å²) >= 11 is 26.8. The molecule has 2 aliphatic rings. The van der Waals surface area contributed by atoms with E-state index in [2.05, 4.69) is 17.6 Å². The summed E-state index contributed by atoms with van der Waals surface area (Å²) in [6.07, 6.45) is -3.32. The zero-order valence-electron chi connectivity index (χ0n) is 30.8. The maximum atomic E-state index is 11.3. The summed E-state index contributed by atoms with van der Waals surface area (Å²) in [5.74, 6) is -0.422. The van der Waals surface area contributed by atoms with Crippen LogP contribution in [-0.2, 0) is 46.5 Å². The number of benzene rings is 2. The Labute approximate surface area is 338 Å². The molecule has 10 atom stereocenters. The number of nitrogens with one attached hydrogen (secondary N) is 3.